The van der Waals surface area contributed by atoms with Crippen molar-refractivity contribution in [2.75, 3.05) is 4.90 Å². The standard InChI is InChI=1S/C30H24Cl2N4O3/c1-15(2)11-22-24-25(28(39)35(27(24)38)18-13-16(31)12-17(32)14-18)30(34-22)20-8-4-6-10-23(20)36-26(37)19-7-3-5-9-21(19)33-29(30)36/h3-10,12-15,22,24-25,34H,11H2,1-2H3/t22-,24-,25+,30-/m0/s1. The molecule has 1 spiro atoms. The fourth-order valence-corrected chi connectivity index (χ4v) is 7.37. The maximum absolute atomic E-state index is 14.4. The van der Waals surface area contributed by atoms with Crippen molar-refractivity contribution in [2.45, 2.75) is 31.8 Å². The van der Waals surface area contributed by atoms with Crippen LogP contribution in [0.25, 0.3) is 16.6 Å². The molecule has 7 nitrogen and oxygen atoms in total. The highest BCUT2D eigenvalue weighted by molar-refractivity contribution is 6.35. The van der Waals surface area contributed by atoms with Gasteiger partial charge in [0.2, 0.25) is 11.8 Å². The molecule has 3 aliphatic rings. The van der Waals surface area contributed by atoms with Gasteiger partial charge in [-0.1, -0.05) is 67.4 Å². The van der Waals surface area contributed by atoms with E-state index in [4.69, 9.17) is 28.2 Å². The largest absolute Gasteiger partial charge is 0.297 e. The molecule has 4 heterocycles. The summed E-state index contributed by atoms with van der Waals surface area (Å²) in [6.07, 6.45) is 0.659. The van der Waals surface area contributed by atoms with Gasteiger partial charge in [-0.15, -0.1) is 0 Å². The molecule has 7 rings (SSSR count). The van der Waals surface area contributed by atoms with Gasteiger partial charge in [0.15, 0.2) is 0 Å². The Labute approximate surface area is 234 Å². The highest BCUT2D eigenvalue weighted by Gasteiger charge is 2.69. The van der Waals surface area contributed by atoms with E-state index < -0.39 is 17.4 Å². The number of benzene rings is 3. The van der Waals surface area contributed by atoms with Gasteiger partial charge < -0.3 is 0 Å². The lowest BCUT2D eigenvalue weighted by atomic mass is 9.75. The average molecular weight is 559 g/mol. The molecule has 0 aliphatic carbocycles. The minimum atomic E-state index is -1.17. The number of nitrogens with zero attached hydrogens (tertiary/aromatic N) is 3. The van der Waals surface area contributed by atoms with Crippen LogP contribution in [0.3, 0.4) is 0 Å². The van der Waals surface area contributed by atoms with Gasteiger partial charge in [0, 0.05) is 21.7 Å². The molecular weight excluding hydrogens is 535 g/mol. The van der Waals surface area contributed by atoms with E-state index in [1.807, 2.05) is 36.4 Å². The normalized spacial score (nSPS) is 25.2. The molecule has 0 bridgehead atoms. The van der Waals surface area contributed by atoms with Crippen LogP contribution in [0.2, 0.25) is 10.0 Å². The summed E-state index contributed by atoms with van der Waals surface area (Å²) < 4.78 is 1.61. The summed E-state index contributed by atoms with van der Waals surface area (Å²) in [4.78, 5) is 48.7. The number of fused-ring (bicyclic) bond motifs is 8. The maximum Gasteiger partial charge on any atom is 0.266 e. The lowest BCUT2D eigenvalue weighted by Gasteiger charge is -2.32. The Balaban J connectivity index is 1.52. The van der Waals surface area contributed by atoms with Crippen molar-refractivity contribution < 1.29 is 9.59 Å². The fourth-order valence-electron chi connectivity index (χ4n) is 6.85. The quantitative estimate of drug-likeness (QED) is 0.355. The smallest absolute Gasteiger partial charge is 0.266 e. The van der Waals surface area contributed by atoms with Gasteiger partial charge in [-0.2, -0.15) is 0 Å². The summed E-state index contributed by atoms with van der Waals surface area (Å²) in [6, 6.07) is 19.1. The lowest BCUT2D eigenvalue weighted by Crippen LogP contribution is -2.50. The van der Waals surface area contributed by atoms with Gasteiger partial charge in [-0.25, -0.2) is 9.88 Å². The van der Waals surface area contributed by atoms with Crippen LogP contribution in [-0.4, -0.2) is 27.4 Å². The van der Waals surface area contributed by atoms with Crippen molar-refractivity contribution in [3.8, 4) is 5.69 Å². The highest BCUT2D eigenvalue weighted by atomic mass is 35.5. The van der Waals surface area contributed by atoms with Crippen LogP contribution in [0.1, 0.15) is 31.7 Å². The maximum atomic E-state index is 14.4. The third kappa shape index (κ3) is 3.27. The Morgan fingerprint density at radius 2 is 1.64 bits per heavy atom. The van der Waals surface area contributed by atoms with Gasteiger partial charge in [0.05, 0.1) is 34.1 Å². The number of hydrogen-bond acceptors (Lipinski definition) is 5. The molecule has 1 N–H and O–H groups in total. The molecule has 4 aromatic rings. The van der Waals surface area contributed by atoms with Crippen LogP contribution < -0.4 is 15.8 Å². The molecule has 0 unspecified atom stereocenters. The third-order valence-corrected chi connectivity index (χ3v) is 8.63. The first kappa shape index (κ1) is 24.5. The van der Waals surface area contributed by atoms with Gasteiger partial charge in [-0.3, -0.25) is 24.3 Å². The second-order valence-corrected chi connectivity index (χ2v) is 11.8. The summed E-state index contributed by atoms with van der Waals surface area (Å²) in [7, 11) is 0. The number of nitrogens with one attached hydrogen (secondary N) is 1. The Kier molecular flexibility index (Phi) is 5.34. The number of anilines is 1. The number of para-hydroxylation sites is 2. The Hall–Kier alpha value is -3.52. The molecule has 3 aromatic carbocycles. The molecule has 3 aliphatic heterocycles. The van der Waals surface area contributed by atoms with Crippen molar-refractivity contribution in [1.29, 1.82) is 0 Å². The zero-order chi connectivity index (χ0) is 27.2. The Morgan fingerprint density at radius 3 is 2.38 bits per heavy atom. The van der Waals surface area contributed by atoms with Crippen LogP contribution in [0.4, 0.5) is 5.69 Å². The first-order valence-electron chi connectivity index (χ1n) is 13.0. The van der Waals surface area contributed by atoms with E-state index in [2.05, 4.69) is 19.2 Å². The van der Waals surface area contributed by atoms with Gasteiger partial charge in [0.1, 0.15) is 11.4 Å². The highest BCUT2D eigenvalue weighted by Crippen LogP contribution is 2.56. The van der Waals surface area contributed by atoms with E-state index in [1.54, 1.807) is 34.9 Å². The Bertz CT molecular complexity index is 1760. The van der Waals surface area contributed by atoms with E-state index in [1.165, 1.54) is 4.90 Å². The van der Waals surface area contributed by atoms with E-state index in [9.17, 15) is 14.4 Å². The minimum absolute atomic E-state index is 0.208. The molecule has 1 aromatic heterocycles. The van der Waals surface area contributed by atoms with Crippen molar-refractivity contribution in [2.24, 2.45) is 17.8 Å². The van der Waals surface area contributed by atoms with Crippen LogP contribution in [0.5, 0.6) is 0 Å². The molecule has 2 saturated heterocycles. The van der Waals surface area contributed by atoms with Crippen molar-refractivity contribution in [3.63, 3.8) is 0 Å². The second-order valence-electron chi connectivity index (χ2n) is 10.9. The number of imide groups is 1. The zero-order valence-corrected chi connectivity index (χ0v) is 22.7. The van der Waals surface area contributed by atoms with E-state index in [-0.39, 0.29) is 29.3 Å². The summed E-state index contributed by atoms with van der Waals surface area (Å²) in [5.41, 5.74) is 0.927. The van der Waals surface area contributed by atoms with Crippen LogP contribution in [-0.2, 0) is 15.1 Å². The van der Waals surface area contributed by atoms with Crippen LogP contribution in [0.15, 0.2) is 71.5 Å². The Morgan fingerprint density at radius 1 is 0.949 bits per heavy atom. The first-order chi connectivity index (χ1) is 18.7. The van der Waals surface area contributed by atoms with Gasteiger partial charge in [0.25, 0.3) is 5.56 Å². The summed E-state index contributed by atoms with van der Waals surface area (Å²) in [5.74, 6) is -1.49. The first-order valence-corrected chi connectivity index (χ1v) is 13.7. The summed E-state index contributed by atoms with van der Waals surface area (Å²) in [5, 5.41) is 4.87. The molecule has 196 valence electrons. The summed E-state index contributed by atoms with van der Waals surface area (Å²) in [6.45, 7) is 4.18. The third-order valence-electron chi connectivity index (χ3n) is 8.19. The minimum Gasteiger partial charge on any atom is -0.297 e. The van der Waals surface area contributed by atoms with Gasteiger partial charge in [-0.05, 0) is 48.7 Å². The van der Waals surface area contributed by atoms with Crippen molar-refractivity contribution in [3.05, 3.63) is 98.5 Å². The number of hydrogen-bond donors (Lipinski definition) is 1. The molecule has 2 amide bonds. The number of amides is 2. The summed E-state index contributed by atoms with van der Waals surface area (Å²) >= 11 is 12.6. The molecule has 2 fully saturated rings. The van der Waals surface area contributed by atoms with Crippen LogP contribution in [0, 0.1) is 17.8 Å². The number of halogens is 2. The molecular formula is C30H24Cl2N4O3. The predicted octanol–water partition coefficient (Wildman–Crippen LogP) is 5.07. The predicted molar refractivity (Wildman–Crippen MR) is 150 cm³/mol. The van der Waals surface area contributed by atoms with Crippen molar-refractivity contribution in [1.82, 2.24) is 14.9 Å². The zero-order valence-electron chi connectivity index (χ0n) is 21.2. The van der Waals surface area contributed by atoms with E-state index >= 15 is 0 Å². The number of carbonyl (C=O) groups is 2. The fraction of sp³-hybridized carbons (Fsp3) is 0.267. The number of carbonyl (C=O) groups excluding carboxylic acids is 2. The SMILES string of the molecule is CC(C)C[C@@H]1N[C@@]2(c3ccccc3-n3c2nc2ccccc2c3=O)[C@H]2C(=O)N(c3cc(Cl)cc(Cl)c3)C(=O)[C@@H]12. The topological polar surface area (TPSA) is 84.3 Å². The van der Waals surface area contributed by atoms with Crippen molar-refractivity contribution >= 4 is 51.6 Å². The molecule has 4 atom stereocenters. The molecule has 0 radical (unpaired) electrons. The molecule has 9 heteroatoms. The molecule has 39 heavy (non-hydrogen) atoms. The average Bonchev–Trinajstić information content (AvgIpc) is 3.46. The van der Waals surface area contributed by atoms with Crippen LogP contribution >= 0.6 is 23.2 Å². The van der Waals surface area contributed by atoms with Gasteiger partial charge >= 0.3 is 0 Å². The monoisotopic (exact) mass is 558 g/mol. The molecule has 0 saturated carbocycles. The van der Waals surface area contributed by atoms with E-state index in [0.717, 1.165) is 5.56 Å². The second kappa shape index (κ2) is 8.49. The lowest BCUT2D eigenvalue weighted by molar-refractivity contribution is -0.123. The van der Waals surface area contributed by atoms with E-state index in [0.29, 0.717) is 44.6 Å². The number of aromatic nitrogens is 2. The number of rotatable bonds is 3.